The average molecular weight is 228 g/mol. The molecule has 1 fully saturated rings. The van der Waals surface area contributed by atoms with Crippen molar-refractivity contribution >= 4 is 11.6 Å². The zero-order valence-corrected chi connectivity index (χ0v) is 9.20. The number of aromatic nitrogens is 2. The zero-order chi connectivity index (χ0) is 10.5. The number of nitrogens with one attached hydrogen (secondary N) is 1. The number of nitrogens with zero attached hydrogens (tertiary/aromatic N) is 2. The van der Waals surface area contributed by atoms with E-state index in [1.54, 1.807) is 12.3 Å². The van der Waals surface area contributed by atoms with Crippen LogP contribution in [0.2, 0.25) is 5.28 Å². The molecule has 0 aromatic carbocycles. The Morgan fingerprint density at radius 1 is 1.53 bits per heavy atom. The van der Waals surface area contributed by atoms with Gasteiger partial charge in [0, 0.05) is 18.3 Å². The Morgan fingerprint density at radius 2 is 2.47 bits per heavy atom. The van der Waals surface area contributed by atoms with Gasteiger partial charge in [-0.3, -0.25) is 0 Å². The molecule has 1 aromatic heterocycles. The molecule has 1 aliphatic rings. The molecule has 5 heteroatoms. The summed E-state index contributed by atoms with van der Waals surface area (Å²) in [5.74, 6) is 0.544. The van der Waals surface area contributed by atoms with Crippen LogP contribution in [0.4, 0.5) is 0 Å². The first-order valence-electron chi connectivity index (χ1n) is 5.19. The molecular formula is C10H14ClN3O. The molecular weight excluding hydrogens is 214 g/mol. The number of hydrogen-bond donors (Lipinski definition) is 1. The Bertz CT molecular complexity index is 315. The Morgan fingerprint density at radius 3 is 3.20 bits per heavy atom. The highest BCUT2D eigenvalue weighted by Crippen LogP contribution is 2.11. The summed E-state index contributed by atoms with van der Waals surface area (Å²) in [4.78, 5) is 7.76. The van der Waals surface area contributed by atoms with Crippen LogP contribution >= 0.6 is 11.6 Å². The lowest BCUT2D eigenvalue weighted by Crippen LogP contribution is -2.38. The SMILES string of the molecule is Clc1nccc(OC[C@@H]2CCCCN2)n1. The van der Waals surface area contributed by atoms with Gasteiger partial charge in [0.25, 0.3) is 0 Å². The molecule has 0 bridgehead atoms. The van der Waals surface area contributed by atoms with Gasteiger partial charge in [-0.15, -0.1) is 0 Å². The second-order valence-electron chi connectivity index (χ2n) is 3.62. The van der Waals surface area contributed by atoms with Crippen LogP contribution in [-0.4, -0.2) is 29.2 Å². The fourth-order valence-corrected chi connectivity index (χ4v) is 1.79. The number of hydrogen-bond acceptors (Lipinski definition) is 4. The minimum absolute atomic E-state index is 0.226. The first-order valence-corrected chi connectivity index (χ1v) is 5.57. The van der Waals surface area contributed by atoms with Crippen LogP contribution in [-0.2, 0) is 0 Å². The predicted octanol–water partition coefficient (Wildman–Crippen LogP) is 1.65. The van der Waals surface area contributed by atoms with E-state index in [0.29, 0.717) is 18.5 Å². The van der Waals surface area contributed by atoms with Gasteiger partial charge in [-0.2, -0.15) is 4.98 Å². The van der Waals surface area contributed by atoms with Crippen molar-refractivity contribution in [2.45, 2.75) is 25.3 Å². The molecule has 0 spiro atoms. The number of rotatable bonds is 3. The lowest BCUT2D eigenvalue weighted by molar-refractivity contribution is 0.232. The van der Waals surface area contributed by atoms with Crippen LogP contribution in [0.5, 0.6) is 5.88 Å². The summed E-state index contributed by atoms with van der Waals surface area (Å²) in [7, 11) is 0. The van der Waals surface area contributed by atoms with Crippen molar-refractivity contribution in [1.29, 1.82) is 0 Å². The van der Waals surface area contributed by atoms with E-state index in [0.717, 1.165) is 6.54 Å². The van der Waals surface area contributed by atoms with Crippen molar-refractivity contribution < 1.29 is 4.74 Å². The second-order valence-corrected chi connectivity index (χ2v) is 3.96. The van der Waals surface area contributed by atoms with Gasteiger partial charge >= 0.3 is 0 Å². The van der Waals surface area contributed by atoms with Gasteiger partial charge < -0.3 is 10.1 Å². The van der Waals surface area contributed by atoms with E-state index in [1.807, 2.05) is 0 Å². The van der Waals surface area contributed by atoms with Gasteiger partial charge in [0.2, 0.25) is 11.2 Å². The molecule has 0 radical (unpaired) electrons. The molecule has 1 atom stereocenters. The Kier molecular flexibility index (Phi) is 3.75. The Labute approximate surface area is 94.0 Å². The van der Waals surface area contributed by atoms with E-state index < -0.39 is 0 Å². The van der Waals surface area contributed by atoms with Gasteiger partial charge in [-0.25, -0.2) is 4.98 Å². The molecule has 1 saturated heterocycles. The summed E-state index contributed by atoms with van der Waals surface area (Å²) in [6, 6.07) is 2.15. The Hall–Kier alpha value is -0.870. The first kappa shape index (κ1) is 10.6. The summed E-state index contributed by atoms with van der Waals surface area (Å²) < 4.78 is 5.53. The molecule has 82 valence electrons. The summed E-state index contributed by atoms with van der Waals surface area (Å²) in [5.41, 5.74) is 0. The van der Waals surface area contributed by atoms with Crippen molar-refractivity contribution in [2.24, 2.45) is 0 Å². The maximum absolute atomic E-state index is 5.65. The van der Waals surface area contributed by atoms with E-state index in [9.17, 15) is 0 Å². The number of ether oxygens (including phenoxy) is 1. The number of piperidine rings is 1. The minimum atomic E-state index is 0.226. The molecule has 0 saturated carbocycles. The highest BCUT2D eigenvalue weighted by molar-refractivity contribution is 6.28. The fourth-order valence-electron chi connectivity index (χ4n) is 1.65. The third-order valence-electron chi connectivity index (χ3n) is 2.45. The minimum Gasteiger partial charge on any atom is -0.476 e. The summed E-state index contributed by atoms with van der Waals surface area (Å²) >= 11 is 5.65. The van der Waals surface area contributed by atoms with Crippen molar-refractivity contribution in [2.75, 3.05) is 13.2 Å². The molecule has 0 unspecified atom stereocenters. The van der Waals surface area contributed by atoms with E-state index in [4.69, 9.17) is 16.3 Å². The van der Waals surface area contributed by atoms with E-state index in [-0.39, 0.29) is 5.28 Å². The highest BCUT2D eigenvalue weighted by Gasteiger charge is 2.13. The smallest absolute Gasteiger partial charge is 0.225 e. The van der Waals surface area contributed by atoms with Crippen LogP contribution in [0.15, 0.2) is 12.3 Å². The van der Waals surface area contributed by atoms with Gasteiger partial charge in [-0.1, -0.05) is 6.42 Å². The largest absolute Gasteiger partial charge is 0.476 e. The molecule has 1 aromatic rings. The van der Waals surface area contributed by atoms with E-state index in [1.165, 1.54) is 19.3 Å². The quantitative estimate of drug-likeness (QED) is 0.798. The van der Waals surface area contributed by atoms with Gasteiger partial charge in [0.1, 0.15) is 6.61 Å². The van der Waals surface area contributed by atoms with Crippen LogP contribution in [0, 0.1) is 0 Å². The molecule has 15 heavy (non-hydrogen) atoms. The van der Waals surface area contributed by atoms with E-state index in [2.05, 4.69) is 15.3 Å². The van der Waals surface area contributed by atoms with Crippen molar-refractivity contribution in [3.05, 3.63) is 17.5 Å². The summed E-state index contributed by atoms with van der Waals surface area (Å²) in [6.07, 6.45) is 5.29. The molecule has 2 heterocycles. The topological polar surface area (TPSA) is 47.0 Å². The van der Waals surface area contributed by atoms with Crippen LogP contribution in [0.1, 0.15) is 19.3 Å². The monoisotopic (exact) mass is 227 g/mol. The summed E-state index contributed by atoms with van der Waals surface area (Å²) in [6.45, 7) is 1.73. The van der Waals surface area contributed by atoms with Crippen molar-refractivity contribution in [1.82, 2.24) is 15.3 Å². The molecule has 4 nitrogen and oxygen atoms in total. The normalized spacial score (nSPS) is 21.3. The predicted molar refractivity (Wildman–Crippen MR) is 58.2 cm³/mol. The number of halogens is 1. The fraction of sp³-hybridized carbons (Fsp3) is 0.600. The van der Waals surface area contributed by atoms with E-state index >= 15 is 0 Å². The van der Waals surface area contributed by atoms with Crippen molar-refractivity contribution in [3.8, 4) is 5.88 Å². The average Bonchev–Trinajstić information content (AvgIpc) is 2.28. The maximum Gasteiger partial charge on any atom is 0.225 e. The maximum atomic E-state index is 5.65. The third kappa shape index (κ3) is 3.32. The zero-order valence-electron chi connectivity index (χ0n) is 8.45. The Balaban J connectivity index is 1.81. The lowest BCUT2D eigenvalue weighted by atomic mass is 10.1. The first-order chi connectivity index (χ1) is 7.34. The van der Waals surface area contributed by atoms with Crippen LogP contribution in [0.25, 0.3) is 0 Å². The standard InChI is InChI=1S/C10H14ClN3O/c11-10-13-6-4-9(14-10)15-7-8-3-1-2-5-12-8/h4,6,8,12H,1-3,5,7H2/t8-/m0/s1. The third-order valence-corrected chi connectivity index (χ3v) is 2.63. The molecule has 0 aliphatic carbocycles. The highest BCUT2D eigenvalue weighted by atomic mass is 35.5. The van der Waals surface area contributed by atoms with Gasteiger partial charge in [0.05, 0.1) is 0 Å². The molecule has 2 rings (SSSR count). The lowest BCUT2D eigenvalue weighted by Gasteiger charge is -2.23. The van der Waals surface area contributed by atoms with Gasteiger partial charge in [-0.05, 0) is 31.0 Å². The molecule has 1 N–H and O–H groups in total. The molecule has 1 aliphatic heterocycles. The van der Waals surface area contributed by atoms with Crippen molar-refractivity contribution in [3.63, 3.8) is 0 Å². The molecule has 0 amide bonds. The van der Waals surface area contributed by atoms with Crippen LogP contribution in [0.3, 0.4) is 0 Å². The van der Waals surface area contributed by atoms with Gasteiger partial charge in [0.15, 0.2) is 0 Å². The second kappa shape index (κ2) is 5.28. The summed E-state index contributed by atoms with van der Waals surface area (Å²) in [5, 5.41) is 3.63. The van der Waals surface area contributed by atoms with Crippen LogP contribution < -0.4 is 10.1 Å².